The van der Waals surface area contributed by atoms with Gasteiger partial charge in [0, 0.05) is 12.6 Å². The molecular weight excluding hydrogens is 230 g/mol. The minimum Gasteiger partial charge on any atom is -0.313 e. The third-order valence-corrected chi connectivity index (χ3v) is 4.82. The van der Waals surface area contributed by atoms with E-state index in [-0.39, 0.29) is 0 Å². The topological polar surface area (TPSA) is 12.0 Å². The molecule has 0 saturated heterocycles. The van der Waals surface area contributed by atoms with Crippen LogP contribution in [0.15, 0.2) is 18.2 Å². The quantitative estimate of drug-likeness (QED) is 0.812. The molecule has 0 spiro atoms. The third-order valence-electron chi connectivity index (χ3n) is 4.82. The van der Waals surface area contributed by atoms with Gasteiger partial charge in [-0.1, -0.05) is 36.2 Å². The second-order valence-electron chi connectivity index (χ2n) is 7.26. The summed E-state index contributed by atoms with van der Waals surface area (Å²) in [5, 5.41) is 3.77. The maximum absolute atomic E-state index is 3.77. The van der Waals surface area contributed by atoms with Crippen molar-refractivity contribution in [3.63, 3.8) is 0 Å². The number of hydrogen-bond acceptors (Lipinski definition) is 1. The summed E-state index contributed by atoms with van der Waals surface area (Å²) >= 11 is 0. The largest absolute Gasteiger partial charge is 0.313 e. The van der Waals surface area contributed by atoms with Gasteiger partial charge in [0.1, 0.15) is 0 Å². The van der Waals surface area contributed by atoms with Crippen LogP contribution in [0.5, 0.6) is 0 Å². The van der Waals surface area contributed by atoms with Gasteiger partial charge < -0.3 is 5.32 Å². The van der Waals surface area contributed by atoms with E-state index in [1.807, 2.05) is 0 Å². The Bertz CT molecular complexity index is 437. The molecule has 1 N–H and O–H groups in total. The fraction of sp³-hybridized carbons (Fsp3) is 0.667. The Morgan fingerprint density at radius 1 is 1.05 bits per heavy atom. The number of hydrogen-bond donors (Lipinski definition) is 1. The summed E-state index contributed by atoms with van der Waals surface area (Å²) in [7, 11) is 0. The lowest BCUT2D eigenvalue weighted by molar-refractivity contribution is 0.254. The third kappa shape index (κ3) is 3.39. The molecule has 0 heterocycles. The van der Waals surface area contributed by atoms with Crippen LogP contribution in [0.1, 0.15) is 49.3 Å². The van der Waals surface area contributed by atoms with E-state index in [2.05, 4.69) is 44.3 Å². The molecule has 0 aliphatic heterocycles. The van der Waals surface area contributed by atoms with E-state index in [1.54, 1.807) is 0 Å². The van der Waals surface area contributed by atoms with Crippen LogP contribution in [0.3, 0.4) is 0 Å². The van der Waals surface area contributed by atoms with Crippen LogP contribution >= 0.6 is 0 Å². The van der Waals surface area contributed by atoms with E-state index in [4.69, 9.17) is 0 Å². The van der Waals surface area contributed by atoms with Crippen molar-refractivity contribution in [2.75, 3.05) is 6.54 Å². The Kier molecular flexibility index (Phi) is 3.42. The lowest BCUT2D eigenvalue weighted by atomic mass is 9.78. The highest BCUT2D eigenvalue weighted by atomic mass is 15.0. The predicted octanol–water partition coefficient (Wildman–Crippen LogP) is 4.01. The molecule has 1 aromatic rings. The molecule has 1 unspecified atom stereocenters. The zero-order valence-electron chi connectivity index (χ0n) is 12.6. The van der Waals surface area contributed by atoms with Gasteiger partial charge in [0.25, 0.3) is 0 Å². The Hall–Kier alpha value is -0.820. The minimum absolute atomic E-state index is 0.461. The maximum Gasteiger partial charge on any atom is 0.00684 e. The molecule has 0 aromatic heterocycles. The molecule has 2 aliphatic rings. The molecule has 2 saturated carbocycles. The van der Waals surface area contributed by atoms with E-state index in [0.717, 1.165) is 12.0 Å². The summed E-state index contributed by atoms with van der Waals surface area (Å²) < 4.78 is 0. The van der Waals surface area contributed by atoms with E-state index >= 15 is 0 Å². The Labute approximate surface area is 117 Å². The highest BCUT2D eigenvalue weighted by Gasteiger charge is 2.42. The highest BCUT2D eigenvalue weighted by Crippen LogP contribution is 2.47. The van der Waals surface area contributed by atoms with Crippen LogP contribution in [0, 0.1) is 25.2 Å². The number of aryl methyl sites for hydroxylation is 2. The zero-order chi connectivity index (χ0) is 13.5. The van der Waals surface area contributed by atoms with Gasteiger partial charge in [-0.3, -0.25) is 0 Å². The summed E-state index contributed by atoms with van der Waals surface area (Å²) in [5.41, 5.74) is 4.80. The van der Waals surface area contributed by atoms with Gasteiger partial charge in [-0.05, 0) is 62.8 Å². The standard InChI is InChI=1S/C18H27N/c1-13-8-14(2)10-15(9-13)11-18(3,16-4-5-16)12-19-17-6-7-17/h8-10,16-17,19H,4-7,11-12H2,1-3H3. The van der Waals surface area contributed by atoms with E-state index in [1.165, 1.54) is 55.3 Å². The highest BCUT2D eigenvalue weighted by molar-refractivity contribution is 5.29. The normalized spacial score (nSPS) is 22.3. The number of benzene rings is 1. The van der Waals surface area contributed by atoms with Crippen LogP contribution in [-0.4, -0.2) is 12.6 Å². The van der Waals surface area contributed by atoms with Gasteiger partial charge >= 0.3 is 0 Å². The van der Waals surface area contributed by atoms with Crippen molar-refractivity contribution < 1.29 is 0 Å². The number of rotatable bonds is 6. The average Bonchev–Trinajstić information content (AvgIpc) is 3.16. The summed E-state index contributed by atoms with van der Waals surface area (Å²) in [6, 6.07) is 7.87. The first-order valence-corrected chi connectivity index (χ1v) is 7.86. The van der Waals surface area contributed by atoms with E-state index < -0.39 is 0 Å². The summed E-state index contributed by atoms with van der Waals surface area (Å²) in [4.78, 5) is 0. The van der Waals surface area contributed by atoms with Crippen LogP contribution in [0.4, 0.5) is 0 Å². The first-order valence-electron chi connectivity index (χ1n) is 7.86. The van der Waals surface area contributed by atoms with Crippen LogP contribution in [0.2, 0.25) is 0 Å². The van der Waals surface area contributed by atoms with E-state index in [0.29, 0.717) is 5.41 Å². The van der Waals surface area contributed by atoms with Crippen molar-refractivity contribution in [3.05, 3.63) is 34.9 Å². The fourth-order valence-electron chi connectivity index (χ4n) is 3.43. The predicted molar refractivity (Wildman–Crippen MR) is 81.5 cm³/mol. The Balaban J connectivity index is 1.72. The second kappa shape index (κ2) is 4.94. The van der Waals surface area contributed by atoms with Gasteiger partial charge in [0.2, 0.25) is 0 Å². The van der Waals surface area contributed by atoms with Crippen molar-refractivity contribution in [2.24, 2.45) is 11.3 Å². The second-order valence-corrected chi connectivity index (χ2v) is 7.26. The molecule has 0 amide bonds. The lowest BCUT2D eigenvalue weighted by Gasteiger charge is -2.31. The molecular formula is C18H27N. The van der Waals surface area contributed by atoms with Gasteiger partial charge in [0.15, 0.2) is 0 Å². The molecule has 1 aromatic carbocycles. The first-order chi connectivity index (χ1) is 9.05. The van der Waals surface area contributed by atoms with Gasteiger partial charge in [-0.25, -0.2) is 0 Å². The molecule has 19 heavy (non-hydrogen) atoms. The summed E-state index contributed by atoms with van der Waals surface area (Å²) in [6.07, 6.45) is 6.90. The van der Waals surface area contributed by atoms with Gasteiger partial charge in [-0.2, -0.15) is 0 Å². The zero-order valence-corrected chi connectivity index (χ0v) is 12.6. The maximum atomic E-state index is 3.77. The monoisotopic (exact) mass is 257 g/mol. The molecule has 2 fully saturated rings. The average molecular weight is 257 g/mol. The SMILES string of the molecule is Cc1cc(C)cc(CC(C)(CNC2CC2)C2CC2)c1. The smallest absolute Gasteiger partial charge is 0.00684 e. The molecule has 1 heteroatoms. The van der Waals surface area contributed by atoms with Crippen molar-refractivity contribution in [1.29, 1.82) is 0 Å². The molecule has 0 bridgehead atoms. The Morgan fingerprint density at radius 2 is 1.68 bits per heavy atom. The molecule has 104 valence electrons. The van der Waals surface area contributed by atoms with Crippen molar-refractivity contribution >= 4 is 0 Å². The van der Waals surface area contributed by atoms with Crippen molar-refractivity contribution in [1.82, 2.24) is 5.32 Å². The number of nitrogens with one attached hydrogen (secondary N) is 1. The lowest BCUT2D eigenvalue weighted by Crippen LogP contribution is -2.36. The molecule has 3 rings (SSSR count). The van der Waals surface area contributed by atoms with E-state index in [9.17, 15) is 0 Å². The summed E-state index contributed by atoms with van der Waals surface area (Å²) in [6.45, 7) is 8.13. The molecule has 1 atom stereocenters. The van der Waals surface area contributed by atoms with Crippen LogP contribution in [-0.2, 0) is 6.42 Å². The van der Waals surface area contributed by atoms with Gasteiger partial charge in [0.05, 0.1) is 0 Å². The fourth-order valence-corrected chi connectivity index (χ4v) is 3.43. The molecule has 2 aliphatic carbocycles. The Morgan fingerprint density at radius 3 is 2.21 bits per heavy atom. The van der Waals surface area contributed by atoms with Crippen molar-refractivity contribution in [2.45, 2.75) is 58.9 Å². The van der Waals surface area contributed by atoms with Gasteiger partial charge in [-0.15, -0.1) is 0 Å². The molecule has 0 radical (unpaired) electrons. The summed E-state index contributed by atoms with van der Waals surface area (Å²) in [5.74, 6) is 0.944. The minimum atomic E-state index is 0.461. The van der Waals surface area contributed by atoms with Crippen LogP contribution in [0.25, 0.3) is 0 Å². The molecule has 1 nitrogen and oxygen atoms in total. The van der Waals surface area contributed by atoms with Crippen molar-refractivity contribution in [3.8, 4) is 0 Å². The van der Waals surface area contributed by atoms with Crippen LogP contribution < -0.4 is 5.32 Å². The first kappa shape index (κ1) is 13.2.